The van der Waals surface area contributed by atoms with Gasteiger partial charge in [-0.2, -0.15) is 0 Å². The lowest BCUT2D eigenvalue weighted by atomic mass is 10.1. The number of nitrogens with zero attached hydrogens (tertiary/aromatic N) is 5. The third-order valence-electron chi connectivity index (χ3n) is 3.26. The minimum atomic E-state index is 0.421. The lowest BCUT2D eigenvalue weighted by Gasteiger charge is -2.09. The largest absolute Gasteiger partial charge is 0.211 e. The van der Waals surface area contributed by atoms with Crippen molar-refractivity contribution in [1.29, 1.82) is 0 Å². The minimum absolute atomic E-state index is 0.421. The van der Waals surface area contributed by atoms with E-state index in [1.54, 1.807) is 10.9 Å². The highest BCUT2D eigenvalue weighted by atomic mass is 35.5. The fourth-order valence-corrected chi connectivity index (χ4v) is 2.16. The van der Waals surface area contributed by atoms with Crippen molar-refractivity contribution in [2.24, 2.45) is 0 Å². The zero-order valence-corrected chi connectivity index (χ0v) is 11.8. The van der Waals surface area contributed by atoms with Gasteiger partial charge in [0.05, 0.1) is 11.9 Å². The van der Waals surface area contributed by atoms with Crippen LogP contribution in [0.5, 0.6) is 0 Å². The number of rotatable bonds is 2. The van der Waals surface area contributed by atoms with Crippen LogP contribution in [0, 0.1) is 13.8 Å². The molecule has 2 aromatic heterocycles. The van der Waals surface area contributed by atoms with E-state index in [1.165, 1.54) is 0 Å². The van der Waals surface area contributed by atoms with Gasteiger partial charge >= 0.3 is 0 Å². The molecule has 0 saturated carbocycles. The maximum Gasteiger partial charge on any atom is 0.154 e. The molecule has 3 rings (SSSR count). The summed E-state index contributed by atoms with van der Waals surface area (Å²) in [6, 6.07) is 9.78. The van der Waals surface area contributed by atoms with Gasteiger partial charge in [0, 0.05) is 0 Å². The normalized spacial score (nSPS) is 10.8. The van der Waals surface area contributed by atoms with E-state index in [1.807, 2.05) is 44.2 Å². The Kier molecular flexibility index (Phi) is 3.20. The van der Waals surface area contributed by atoms with Crippen LogP contribution >= 0.6 is 11.6 Å². The van der Waals surface area contributed by atoms with E-state index in [0.717, 1.165) is 28.2 Å². The first kappa shape index (κ1) is 12.7. The quantitative estimate of drug-likeness (QED) is 0.726. The van der Waals surface area contributed by atoms with Gasteiger partial charge in [-0.15, -0.1) is 15.3 Å². The monoisotopic (exact) mass is 285 g/mol. The Labute approximate surface area is 121 Å². The second-order valence-corrected chi connectivity index (χ2v) is 4.81. The number of hydrogen-bond donors (Lipinski definition) is 0. The first-order chi connectivity index (χ1) is 9.68. The van der Waals surface area contributed by atoms with Gasteiger partial charge in [-0.05, 0) is 37.1 Å². The Balaban J connectivity index is 2.18. The Morgan fingerprint density at radius 3 is 2.50 bits per heavy atom. The van der Waals surface area contributed by atoms with E-state index < -0.39 is 0 Å². The Bertz CT molecular complexity index is 752. The van der Waals surface area contributed by atoms with Gasteiger partial charge in [-0.25, -0.2) is 4.68 Å². The van der Waals surface area contributed by atoms with Crippen LogP contribution in [0.1, 0.15) is 11.1 Å². The van der Waals surface area contributed by atoms with Crippen molar-refractivity contribution in [3.05, 3.63) is 52.8 Å². The third-order valence-corrected chi connectivity index (χ3v) is 3.62. The topological polar surface area (TPSA) is 56.5 Å². The molecule has 0 saturated heterocycles. The molecule has 0 aliphatic carbocycles. The standard InChI is InChI=1S/C14H12ClN5/c1-9-10(2)14(15)18-17-13(9)12-8-16-19-20(12)11-6-4-3-5-7-11/h3-8H,1-2H3. The van der Waals surface area contributed by atoms with Crippen LogP contribution in [-0.4, -0.2) is 25.2 Å². The SMILES string of the molecule is Cc1c(Cl)nnc(-c2cnnn2-c2ccccc2)c1C. The van der Waals surface area contributed by atoms with Crippen LogP contribution in [0.25, 0.3) is 17.1 Å². The number of aromatic nitrogens is 5. The van der Waals surface area contributed by atoms with E-state index in [4.69, 9.17) is 11.6 Å². The smallest absolute Gasteiger partial charge is 0.154 e. The van der Waals surface area contributed by atoms with Gasteiger partial charge in [0.2, 0.25) is 0 Å². The van der Waals surface area contributed by atoms with Gasteiger partial charge in [-0.3, -0.25) is 0 Å². The summed E-state index contributed by atoms with van der Waals surface area (Å²) < 4.78 is 1.74. The van der Waals surface area contributed by atoms with Crippen LogP contribution < -0.4 is 0 Å². The number of benzene rings is 1. The van der Waals surface area contributed by atoms with Gasteiger partial charge in [-0.1, -0.05) is 35.0 Å². The fraction of sp³-hybridized carbons (Fsp3) is 0.143. The zero-order valence-electron chi connectivity index (χ0n) is 11.1. The summed E-state index contributed by atoms with van der Waals surface area (Å²) in [4.78, 5) is 0. The molecule has 0 aliphatic rings. The molecule has 0 spiro atoms. The fourth-order valence-electron chi connectivity index (χ4n) is 1.98. The molecule has 6 heteroatoms. The van der Waals surface area contributed by atoms with E-state index in [0.29, 0.717) is 5.15 Å². The molecule has 0 atom stereocenters. The van der Waals surface area contributed by atoms with Gasteiger partial charge in [0.15, 0.2) is 5.15 Å². The number of para-hydroxylation sites is 1. The minimum Gasteiger partial charge on any atom is -0.211 e. The summed E-state index contributed by atoms with van der Waals surface area (Å²) in [5, 5.41) is 16.7. The van der Waals surface area contributed by atoms with Crippen molar-refractivity contribution in [3.8, 4) is 17.1 Å². The van der Waals surface area contributed by atoms with Crippen molar-refractivity contribution in [3.63, 3.8) is 0 Å². The highest BCUT2D eigenvalue weighted by molar-refractivity contribution is 6.30. The Morgan fingerprint density at radius 2 is 1.75 bits per heavy atom. The molecule has 3 aromatic rings. The van der Waals surface area contributed by atoms with Crippen LogP contribution in [0.4, 0.5) is 0 Å². The van der Waals surface area contributed by atoms with E-state index in [-0.39, 0.29) is 0 Å². The molecule has 0 amide bonds. The molecular weight excluding hydrogens is 274 g/mol. The summed E-state index contributed by atoms with van der Waals surface area (Å²) in [5.74, 6) is 0. The molecule has 0 unspecified atom stereocenters. The molecule has 0 radical (unpaired) electrons. The van der Waals surface area contributed by atoms with Gasteiger partial charge in [0.25, 0.3) is 0 Å². The van der Waals surface area contributed by atoms with Gasteiger partial charge in [0.1, 0.15) is 11.4 Å². The molecule has 0 fully saturated rings. The van der Waals surface area contributed by atoms with Crippen LogP contribution in [0.2, 0.25) is 5.15 Å². The zero-order chi connectivity index (χ0) is 14.1. The summed E-state index contributed by atoms with van der Waals surface area (Å²) in [6.07, 6.45) is 1.68. The molecular formula is C14H12ClN5. The maximum atomic E-state index is 5.99. The van der Waals surface area contributed by atoms with Crippen LogP contribution in [0.3, 0.4) is 0 Å². The number of halogens is 1. The van der Waals surface area contributed by atoms with E-state index >= 15 is 0 Å². The first-order valence-corrected chi connectivity index (χ1v) is 6.52. The summed E-state index contributed by atoms with van der Waals surface area (Å²) in [5.41, 5.74) is 4.34. The lowest BCUT2D eigenvalue weighted by molar-refractivity contribution is 0.803. The highest BCUT2D eigenvalue weighted by Crippen LogP contribution is 2.26. The first-order valence-electron chi connectivity index (χ1n) is 6.14. The summed E-state index contributed by atoms with van der Waals surface area (Å²) in [6.45, 7) is 3.89. The molecule has 0 bridgehead atoms. The molecule has 100 valence electrons. The lowest BCUT2D eigenvalue weighted by Crippen LogP contribution is -2.03. The maximum absolute atomic E-state index is 5.99. The average molecular weight is 286 g/mol. The van der Waals surface area contributed by atoms with Gasteiger partial charge < -0.3 is 0 Å². The Hall–Kier alpha value is -2.27. The van der Waals surface area contributed by atoms with E-state index in [9.17, 15) is 0 Å². The summed E-state index contributed by atoms with van der Waals surface area (Å²) in [7, 11) is 0. The second-order valence-electron chi connectivity index (χ2n) is 4.46. The van der Waals surface area contributed by atoms with Crippen molar-refractivity contribution in [2.45, 2.75) is 13.8 Å². The molecule has 0 N–H and O–H groups in total. The third kappa shape index (κ3) is 2.06. The highest BCUT2D eigenvalue weighted by Gasteiger charge is 2.15. The predicted molar refractivity (Wildman–Crippen MR) is 76.9 cm³/mol. The van der Waals surface area contributed by atoms with E-state index in [2.05, 4.69) is 20.5 Å². The Morgan fingerprint density at radius 1 is 1.00 bits per heavy atom. The molecule has 20 heavy (non-hydrogen) atoms. The van der Waals surface area contributed by atoms with Crippen LogP contribution in [0.15, 0.2) is 36.5 Å². The van der Waals surface area contributed by atoms with Crippen molar-refractivity contribution in [1.82, 2.24) is 25.2 Å². The summed E-state index contributed by atoms with van der Waals surface area (Å²) >= 11 is 5.99. The second kappa shape index (κ2) is 5.02. The molecule has 1 aromatic carbocycles. The number of hydrogen-bond acceptors (Lipinski definition) is 4. The van der Waals surface area contributed by atoms with Crippen molar-refractivity contribution in [2.75, 3.05) is 0 Å². The average Bonchev–Trinajstić information content (AvgIpc) is 2.95. The van der Waals surface area contributed by atoms with Crippen LogP contribution in [-0.2, 0) is 0 Å². The molecule has 2 heterocycles. The molecule has 5 nitrogen and oxygen atoms in total. The van der Waals surface area contributed by atoms with Crippen molar-refractivity contribution < 1.29 is 0 Å². The predicted octanol–water partition coefficient (Wildman–Crippen LogP) is 2.99. The van der Waals surface area contributed by atoms with Crippen molar-refractivity contribution >= 4 is 11.6 Å². The molecule has 0 aliphatic heterocycles.